The molecule has 6 unspecified atom stereocenters. The van der Waals surface area contributed by atoms with Crippen molar-refractivity contribution in [2.24, 2.45) is 28.8 Å². The minimum Gasteiger partial charge on any atom is -0.459 e. The fourth-order valence-electron chi connectivity index (χ4n) is 11.8. The Balaban J connectivity index is 1.19. The van der Waals surface area contributed by atoms with E-state index in [2.05, 4.69) is 18.0 Å². The van der Waals surface area contributed by atoms with Gasteiger partial charge in [-0.1, -0.05) is 123 Å². The Morgan fingerprint density at radius 3 is 2.32 bits per heavy atom. The Kier molecular flexibility index (Phi) is 16.7. The van der Waals surface area contributed by atoms with Crippen LogP contribution < -0.4 is 24.3 Å². The van der Waals surface area contributed by atoms with E-state index < -0.39 is 23.8 Å². The number of aliphatic hydroxyl groups is 2. The summed E-state index contributed by atoms with van der Waals surface area (Å²) < 4.78 is 32.4. The molecule has 2 amide bonds. The largest absolute Gasteiger partial charge is 0.459 e. The topological polar surface area (TPSA) is 158 Å². The summed E-state index contributed by atoms with van der Waals surface area (Å²) in [5.41, 5.74) is 5.27. The highest BCUT2D eigenvalue weighted by Crippen LogP contribution is 2.62. The lowest BCUT2D eigenvalue weighted by Gasteiger charge is -2.60. The van der Waals surface area contributed by atoms with Crippen LogP contribution in [0.1, 0.15) is 112 Å². The molecule has 5 aliphatic rings. The van der Waals surface area contributed by atoms with E-state index in [1.54, 1.807) is 12.1 Å². The number of aliphatic hydroxyl groups excluding tert-OH is 2. The van der Waals surface area contributed by atoms with Gasteiger partial charge in [-0.25, -0.2) is 4.79 Å². The number of amides is 2. The van der Waals surface area contributed by atoms with E-state index in [1.165, 1.54) is 12.8 Å². The molecule has 2 aliphatic heterocycles. The van der Waals surface area contributed by atoms with Crippen LogP contribution in [0.4, 0.5) is 4.79 Å². The smallest absolute Gasteiger partial charge is 0.412 e. The Morgan fingerprint density at radius 2 is 1.56 bits per heavy atom. The number of carbonyl (C=O) groups is 2. The average Bonchev–Trinajstić information content (AvgIpc) is 4.11. The van der Waals surface area contributed by atoms with Gasteiger partial charge in [-0.15, -0.1) is 6.58 Å². The molecule has 4 aromatic rings. The van der Waals surface area contributed by atoms with Crippen LogP contribution in [0.15, 0.2) is 127 Å². The lowest BCUT2D eigenvalue weighted by atomic mass is 9.55. The quantitative estimate of drug-likeness (QED) is 0.0371. The first-order valence-electron chi connectivity index (χ1n) is 25.8. The first kappa shape index (κ1) is 49.8. The van der Waals surface area contributed by atoms with Crippen LogP contribution in [-0.2, 0) is 34.1 Å². The van der Waals surface area contributed by atoms with Crippen molar-refractivity contribution in [1.82, 2.24) is 10.2 Å². The molecule has 0 radical (unpaired) electrons. The first-order chi connectivity index (χ1) is 34.9. The second kappa shape index (κ2) is 23.8. The van der Waals surface area contributed by atoms with Crippen molar-refractivity contribution in [2.75, 3.05) is 26.6 Å². The number of hydrogen-bond donors (Lipinski definition) is 3. The molecular weight excluding hydrogens is 899 g/mol. The molecule has 0 spiro atoms. The summed E-state index contributed by atoms with van der Waals surface area (Å²) in [6.45, 7) is 5.30. The summed E-state index contributed by atoms with van der Waals surface area (Å²) >= 11 is 0. The lowest BCUT2D eigenvalue weighted by Crippen LogP contribution is -2.70. The molecule has 13 heteroatoms. The Morgan fingerprint density at radius 1 is 0.831 bits per heavy atom. The highest BCUT2D eigenvalue weighted by Gasteiger charge is 2.65. The summed E-state index contributed by atoms with van der Waals surface area (Å²) in [5.74, 6) is 0.396. The zero-order valence-electron chi connectivity index (χ0n) is 40.8. The van der Waals surface area contributed by atoms with Crippen LogP contribution in [-0.4, -0.2) is 71.3 Å². The van der Waals surface area contributed by atoms with Crippen LogP contribution in [0.2, 0.25) is 0 Å². The van der Waals surface area contributed by atoms with E-state index in [4.69, 9.17) is 33.7 Å². The van der Waals surface area contributed by atoms with Crippen LogP contribution >= 0.6 is 0 Å². The summed E-state index contributed by atoms with van der Waals surface area (Å²) in [6.07, 6.45) is 13.9. The third kappa shape index (κ3) is 11.6. The molecule has 2 fully saturated rings. The Labute approximate surface area is 417 Å². The molecule has 376 valence electrons. The van der Waals surface area contributed by atoms with Crippen LogP contribution in [0.5, 0.6) is 23.0 Å². The van der Waals surface area contributed by atoms with Crippen molar-refractivity contribution in [3.05, 3.63) is 144 Å². The maximum Gasteiger partial charge on any atom is 0.412 e. The monoisotopic (exact) mass is 967 g/mol. The molecule has 71 heavy (non-hydrogen) atoms. The number of nitrogens with zero attached hydrogens (tertiary/aromatic N) is 2. The van der Waals surface area contributed by atoms with Gasteiger partial charge in [-0.05, 0) is 102 Å². The van der Waals surface area contributed by atoms with Crippen molar-refractivity contribution in [3.63, 3.8) is 0 Å². The molecule has 9 rings (SSSR count). The number of nitrogens with one attached hydrogen (secondary N) is 1. The number of unbranched alkanes of at least 4 members (excludes halogenated alkanes) is 2. The fourth-order valence-corrected chi connectivity index (χ4v) is 11.8. The van der Waals surface area contributed by atoms with Gasteiger partial charge < -0.3 is 49.0 Å². The van der Waals surface area contributed by atoms with Gasteiger partial charge in [0.2, 0.25) is 18.5 Å². The van der Waals surface area contributed by atoms with Gasteiger partial charge in [0, 0.05) is 50.6 Å². The molecule has 3 aliphatic carbocycles. The molecule has 4 aromatic carbocycles. The molecule has 13 nitrogen and oxygen atoms in total. The fraction of sp³-hybridized carbons (Fsp3) is 0.466. The number of hydrogen-bond acceptors (Lipinski definition) is 11. The van der Waals surface area contributed by atoms with Crippen molar-refractivity contribution in [3.8, 4) is 23.0 Å². The summed E-state index contributed by atoms with van der Waals surface area (Å²) in [4.78, 5) is 37.2. The predicted octanol–water partition coefficient (Wildman–Crippen LogP) is 10.5. The third-order valence-electron chi connectivity index (χ3n) is 15.1. The molecule has 3 N–H and O–H groups in total. The lowest BCUT2D eigenvalue weighted by molar-refractivity contribution is -0.258. The second-order valence-corrected chi connectivity index (χ2v) is 19.7. The summed E-state index contributed by atoms with van der Waals surface area (Å²) in [6, 6.07) is 30.3. The molecule has 6 atom stereocenters. The van der Waals surface area contributed by atoms with E-state index in [1.807, 2.05) is 95.9 Å². The molecular formula is C58H69N3O10. The molecule has 2 saturated carbocycles. The maximum atomic E-state index is 15.4. The van der Waals surface area contributed by atoms with Crippen LogP contribution in [0, 0.1) is 23.7 Å². The van der Waals surface area contributed by atoms with Gasteiger partial charge in [-0.3, -0.25) is 4.79 Å². The number of benzene rings is 4. The SMILES string of the molecule is C=CCOC12Oc3ccc(OC(=O)NCc4ccccc4)cc3C3C(CCCCO)C(CCCCO)C=C(C(=NOCc4ccccc4)CC1N(Cc1ccc4c(c1)OCO4)C(=O)CCC1CCCC1)C32. The number of carbonyl (C=O) groups excluding carboxylic acids is 2. The minimum absolute atomic E-state index is 0.00785. The molecule has 0 saturated heterocycles. The van der Waals surface area contributed by atoms with E-state index in [0.717, 1.165) is 72.8 Å². The molecule has 0 bridgehead atoms. The molecule has 0 aromatic heterocycles. The number of allylic oxidation sites excluding steroid dienone is 1. The highest BCUT2D eigenvalue weighted by atomic mass is 16.7. The number of rotatable bonds is 23. The second-order valence-electron chi connectivity index (χ2n) is 19.7. The van der Waals surface area contributed by atoms with Crippen molar-refractivity contribution in [1.29, 1.82) is 0 Å². The summed E-state index contributed by atoms with van der Waals surface area (Å²) in [5, 5.41) is 28.1. The first-order valence-corrected chi connectivity index (χ1v) is 25.8. The zero-order valence-corrected chi connectivity index (χ0v) is 40.8. The maximum absolute atomic E-state index is 15.4. The van der Waals surface area contributed by atoms with Crippen molar-refractivity contribution in [2.45, 2.75) is 121 Å². The van der Waals surface area contributed by atoms with Gasteiger partial charge in [-0.2, -0.15) is 0 Å². The van der Waals surface area contributed by atoms with E-state index >= 15 is 4.79 Å². The predicted molar refractivity (Wildman–Crippen MR) is 270 cm³/mol. The van der Waals surface area contributed by atoms with Gasteiger partial charge in [0.15, 0.2) is 11.5 Å². The number of ether oxygens (including phenoxy) is 5. The third-order valence-corrected chi connectivity index (χ3v) is 15.1. The van der Waals surface area contributed by atoms with Crippen LogP contribution in [0.3, 0.4) is 0 Å². The van der Waals surface area contributed by atoms with Gasteiger partial charge in [0.25, 0.3) is 0 Å². The number of oxime groups is 1. The highest BCUT2D eigenvalue weighted by molar-refractivity contribution is 6.03. The van der Waals surface area contributed by atoms with Crippen molar-refractivity contribution >= 4 is 17.7 Å². The van der Waals surface area contributed by atoms with Gasteiger partial charge in [0.05, 0.1) is 18.2 Å². The van der Waals surface area contributed by atoms with Gasteiger partial charge >= 0.3 is 6.09 Å². The van der Waals surface area contributed by atoms with E-state index in [0.29, 0.717) is 60.4 Å². The van der Waals surface area contributed by atoms with Crippen molar-refractivity contribution < 1.29 is 48.3 Å². The summed E-state index contributed by atoms with van der Waals surface area (Å²) in [7, 11) is 0. The van der Waals surface area contributed by atoms with E-state index in [-0.39, 0.29) is 69.8 Å². The van der Waals surface area contributed by atoms with Crippen LogP contribution in [0.25, 0.3) is 0 Å². The standard InChI is InChI=1S/C58H69N3O10/c1-2-31-68-58-53(61(54(64)28-24-40-15-9-10-16-40)37-43-23-26-51-52(32-43)67-39-66-51)35-49(60-69-38-42-19-7-4-8-20-42)47-33-44(21-11-13-29-62)46(22-12-14-30-63)55(56(47)58)48-34-45(25-27-50(48)71-58)70-57(65)59-36-41-17-5-3-6-18-41/h2-8,17-20,23,25-27,32-34,40,44,46,53,55-56,62-63H,1,9-16,21-22,24,28-31,35-39H2,(H,59,65). The minimum atomic E-state index is -1.46. The Bertz CT molecular complexity index is 2490. The van der Waals surface area contributed by atoms with E-state index in [9.17, 15) is 15.0 Å². The normalized spacial score (nSPS) is 23.5. The van der Waals surface area contributed by atoms with Gasteiger partial charge in [0.1, 0.15) is 24.1 Å². The zero-order chi connectivity index (χ0) is 49.0. The Hall–Kier alpha value is -6.15. The number of fused-ring (bicyclic) bond motifs is 3. The molecule has 2 heterocycles. The average molecular weight is 968 g/mol.